The minimum Gasteiger partial charge on any atom is -0.322 e. The van der Waals surface area contributed by atoms with Crippen LogP contribution in [0.15, 0.2) is 34.8 Å². The van der Waals surface area contributed by atoms with Gasteiger partial charge in [0.25, 0.3) is 5.91 Å². The summed E-state index contributed by atoms with van der Waals surface area (Å²) in [6.45, 7) is 4.06. The minimum atomic E-state index is -0.0363. The Kier molecular flexibility index (Phi) is 3.85. The van der Waals surface area contributed by atoms with Crippen molar-refractivity contribution in [2.75, 3.05) is 5.32 Å². The van der Waals surface area contributed by atoms with Crippen LogP contribution in [0.2, 0.25) is 0 Å². The fraction of sp³-hybridized carbons (Fsp3) is 0.278. The van der Waals surface area contributed by atoms with Crippen LogP contribution in [0.3, 0.4) is 0 Å². The molecule has 0 radical (unpaired) electrons. The molecule has 0 atom stereocenters. The van der Waals surface area contributed by atoms with Crippen molar-refractivity contribution in [3.63, 3.8) is 0 Å². The van der Waals surface area contributed by atoms with E-state index in [9.17, 15) is 4.79 Å². The number of halogens is 1. The largest absolute Gasteiger partial charge is 0.322 e. The molecule has 0 unspecified atom stereocenters. The molecule has 2 nitrogen and oxygen atoms in total. The molecule has 108 valence electrons. The second kappa shape index (κ2) is 5.64. The molecular formula is C18H18BrNO. The van der Waals surface area contributed by atoms with E-state index >= 15 is 0 Å². The van der Waals surface area contributed by atoms with Crippen LogP contribution in [0.4, 0.5) is 5.69 Å². The van der Waals surface area contributed by atoms with Crippen molar-refractivity contribution < 1.29 is 4.79 Å². The van der Waals surface area contributed by atoms with E-state index in [0.717, 1.165) is 39.7 Å². The number of nitrogens with one attached hydrogen (secondary N) is 1. The van der Waals surface area contributed by atoms with Crippen molar-refractivity contribution in [1.29, 1.82) is 0 Å². The molecule has 0 aliphatic heterocycles. The highest BCUT2D eigenvalue weighted by atomic mass is 79.9. The Morgan fingerprint density at radius 1 is 1.05 bits per heavy atom. The van der Waals surface area contributed by atoms with E-state index in [1.165, 1.54) is 17.5 Å². The summed E-state index contributed by atoms with van der Waals surface area (Å²) >= 11 is 3.55. The number of carbonyl (C=O) groups is 1. The second-order valence-corrected chi connectivity index (χ2v) is 6.51. The Balaban J connectivity index is 1.83. The number of fused-ring (bicyclic) bond motifs is 1. The van der Waals surface area contributed by atoms with Crippen LogP contribution < -0.4 is 5.32 Å². The lowest BCUT2D eigenvalue weighted by Gasteiger charge is -2.10. The monoisotopic (exact) mass is 343 g/mol. The molecule has 1 aliphatic rings. The smallest absolute Gasteiger partial charge is 0.255 e. The van der Waals surface area contributed by atoms with Gasteiger partial charge in [-0.25, -0.2) is 0 Å². The van der Waals surface area contributed by atoms with Gasteiger partial charge in [-0.2, -0.15) is 0 Å². The number of carbonyl (C=O) groups excluding carboxylic acids is 1. The van der Waals surface area contributed by atoms with Gasteiger partial charge in [0.1, 0.15) is 0 Å². The summed E-state index contributed by atoms with van der Waals surface area (Å²) < 4.78 is 1.10. The van der Waals surface area contributed by atoms with Crippen LogP contribution in [-0.4, -0.2) is 5.91 Å². The van der Waals surface area contributed by atoms with Gasteiger partial charge in [-0.1, -0.05) is 22.0 Å². The van der Waals surface area contributed by atoms with E-state index < -0.39 is 0 Å². The zero-order valence-electron chi connectivity index (χ0n) is 12.3. The number of hydrogen-bond acceptors (Lipinski definition) is 1. The van der Waals surface area contributed by atoms with Gasteiger partial charge >= 0.3 is 0 Å². The minimum absolute atomic E-state index is 0.0363. The maximum absolute atomic E-state index is 12.4. The summed E-state index contributed by atoms with van der Waals surface area (Å²) in [6.07, 6.45) is 3.43. The molecule has 0 spiro atoms. The fourth-order valence-electron chi connectivity index (χ4n) is 2.93. The second-order valence-electron chi connectivity index (χ2n) is 5.72. The molecule has 0 bridgehead atoms. The quantitative estimate of drug-likeness (QED) is 0.832. The average molecular weight is 344 g/mol. The van der Waals surface area contributed by atoms with Gasteiger partial charge in [0, 0.05) is 15.7 Å². The Morgan fingerprint density at radius 2 is 1.71 bits per heavy atom. The van der Waals surface area contributed by atoms with Crippen LogP contribution in [0, 0.1) is 13.8 Å². The predicted octanol–water partition coefficient (Wildman–Crippen LogP) is 4.81. The van der Waals surface area contributed by atoms with Crippen molar-refractivity contribution in [2.24, 2.45) is 0 Å². The highest BCUT2D eigenvalue weighted by Crippen LogP contribution is 2.26. The van der Waals surface area contributed by atoms with Crippen molar-refractivity contribution in [3.8, 4) is 0 Å². The summed E-state index contributed by atoms with van der Waals surface area (Å²) in [4.78, 5) is 12.4. The fourth-order valence-corrected chi connectivity index (χ4v) is 3.16. The Bertz CT molecular complexity index is 698. The van der Waals surface area contributed by atoms with E-state index in [-0.39, 0.29) is 5.91 Å². The maximum atomic E-state index is 12.4. The van der Waals surface area contributed by atoms with Crippen LogP contribution in [0.1, 0.15) is 39.0 Å². The van der Waals surface area contributed by atoms with Crippen molar-refractivity contribution >= 4 is 27.5 Å². The molecule has 0 saturated heterocycles. The average Bonchev–Trinajstić information content (AvgIpc) is 2.91. The molecule has 0 saturated carbocycles. The maximum Gasteiger partial charge on any atom is 0.255 e. The third-order valence-electron chi connectivity index (χ3n) is 4.05. The number of amides is 1. The van der Waals surface area contributed by atoms with E-state index in [4.69, 9.17) is 0 Å². The highest BCUT2D eigenvalue weighted by molar-refractivity contribution is 9.10. The number of hydrogen-bond donors (Lipinski definition) is 1. The molecule has 0 heterocycles. The third kappa shape index (κ3) is 2.88. The van der Waals surface area contributed by atoms with Crippen LogP contribution in [0.25, 0.3) is 0 Å². The van der Waals surface area contributed by atoms with Crippen molar-refractivity contribution in [3.05, 3.63) is 62.6 Å². The lowest BCUT2D eigenvalue weighted by atomic mass is 10.1. The molecule has 21 heavy (non-hydrogen) atoms. The zero-order chi connectivity index (χ0) is 15.0. The van der Waals surface area contributed by atoms with Gasteiger partial charge in [-0.3, -0.25) is 4.79 Å². The molecular weight excluding hydrogens is 326 g/mol. The van der Waals surface area contributed by atoms with Gasteiger partial charge in [0.2, 0.25) is 0 Å². The van der Waals surface area contributed by atoms with Crippen molar-refractivity contribution in [1.82, 2.24) is 0 Å². The van der Waals surface area contributed by atoms with Gasteiger partial charge in [0.15, 0.2) is 0 Å². The molecule has 3 rings (SSSR count). The normalized spacial score (nSPS) is 13.1. The third-order valence-corrected chi connectivity index (χ3v) is 5.31. The number of anilines is 1. The molecule has 0 aromatic heterocycles. The summed E-state index contributed by atoms with van der Waals surface area (Å²) in [5, 5.41) is 3.00. The highest BCUT2D eigenvalue weighted by Gasteiger charge is 2.14. The Morgan fingerprint density at radius 3 is 2.43 bits per heavy atom. The lowest BCUT2D eigenvalue weighted by molar-refractivity contribution is 0.102. The Labute approximate surface area is 133 Å². The number of rotatable bonds is 2. The van der Waals surface area contributed by atoms with Gasteiger partial charge in [0.05, 0.1) is 0 Å². The van der Waals surface area contributed by atoms with E-state index in [0.29, 0.717) is 0 Å². The van der Waals surface area contributed by atoms with Crippen LogP contribution in [0.5, 0.6) is 0 Å². The summed E-state index contributed by atoms with van der Waals surface area (Å²) in [7, 11) is 0. The summed E-state index contributed by atoms with van der Waals surface area (Å²) in [6, 6.07) is 10.0. The first kappa shape index (κ1) is 14.3. The molecule has 1 aliphatic carbocycles. The molecule has 1 amide bonds. The van der Waals surface area contributed by atoms with Gasteiger partial charge in [-0.05, 0) is 79.6 Å². The number of aryl methyl sites for hydroxylation is 4. The standard InChI is InChI=1S/C18H18BrNO/c1-11-8-16(9-12(2)17(11)19)20-18(21)15-7-6-13-4-3-5-14(13)10-15/h6-10H,3-5H2,1-2H3,(H,20,21). The Hall–Kier alpha value is -1.61. The molecule has 2 aromatic rings. The lowest BCUT2D eigenvalue weighted by Crippen LogP contribution is -2.12. The van der Waals surface area contributed by atoms with Crippen molar-refractivity contribution in [2.45, 2.75) is 33.1 Å². The SMILES string of the molecule is Cc1cc(NC(=O)c2ccc3c(c2)CCC3)cc(C)c1Br. The van der Waals surface area contributed by atoms with E-state index in [2.05, 4.69) is 27.3 Å². The first-order valence-electron chi connectivity index (χ1n) is 7.24. The van der Waals surface area contributed by atoms with Gasteiger partial charge in [-0.15, -0.1) is 0 Å². The summed E-state index contributed by atoms with van der Waals surface area (Å²) in [5.41, 5.74) is 6.55. The molecule has 0 fully saturated rings. The first-order valence-corrected chi connectivity index (χ1v) is 8.04. The van der Waals surface area contributed by atoms with E-state index in [1.807, 2.05) is 38.1 Å². The first-order chi connectivity index (χ1) is 10.0. The van der Waals surface area contributed by atoms with Crippen LogP contribution in [-0.2, 0) is 12.8 Å². The number of benzene rings is 2. The van der Waals surface area contributed by atoms with Gasteiger partial charge < -0.3 is 5.32 Å². The molecule has 2 aromatic carbocycles. The van der Waals surface area contributed by atoms with E-state index in [1.54, 1.807) is 0 Å². The summed E-state index contributed by atoms with van der Waals surface area (Å²) in [5.74, 6) is -0.0363. The molecule has 3 heteroatoms. The van der Waals surface area contributed by atoms with Crippen LogP contribution >= 0.6 is 15.9 Å². The topological polar surface area (TPSA) is 29.1 Å². The molecule has 1 N–H and O–H groups in total. The predicted molar refractivity (Wildman–Crippen MR) is 90.0 cm³/mol. The zero-order valence-corrected chi connectivity index (χ0v) is 13.9.